The maximum Gasteiger partial charge on any atom is 1.00 e. The average molecular weight is 963 g/mol. The van der Waals surface area contributed by atoms with Crippen LogP contribution in [-0.2, 0) is 33.6 Å². The number of carbonyl (C=O) groups excluding carboxylic acids is 4. The predicted molar refractivity (Wildman–Crippen MR) is 209 cm³/mol. The zero-order valence-corrected chi connectivity index (χ0v) is 37.1. The Kier molecular flexibility index (Phi) is 17.0. The van der Waals surface area contributed by atoms with Gasteiger partial charge in [0.25, 0.3) is 22.3 Å². The number of phenolic OH excluding ortho intramolecular Hbond substituents is 2. The summed E-state index contributed by atoms with van der Waals surface area (Å²) in [4.78, 5) is 74.9. The van der Waals surface area contributed by atoms with Crippen molar-refractivity contribution in [2.75, 3.05) is 20.4 Å². The molecular weight excluding hydrogens is 935 g/mol. The maximum absolute atomic E-state index is 12.1. The summed E-state index contributed by atoms with van der Waals surface area (Å²) < 4.78 is 23.6. The molecule has 0 spiro atoms. The Bertz CT molecular complexity index is 2310. The number of halogens is 2. The van der Waals surface area contributed by atoms with Gasteiger partial charge in [0.15, 0.2) is 23.0 Å². The number of aromatic nitrogens is 4. The number of nitrogens with one attached hydrogen (secondary N) is 1. The van der Waals surface area contributed by atoms with E-state index in [1.807, 2.05) is 0 Å². The number of hydrogen-bond acceptors (Lipinski definition) is 16. The Balaban J connectivity index is 0.000000291. The number of ether oxygens (including phenoxy) is 2. The molecule has 23 heteroatoms. The molecule has 2 fully saturated rings. The summed E-state index contributed by atoms with van der Waals surface area (Å²) in [5, 5.41) is 19.7. The molecule has 1 unspecified atom stereocenters. The van der Waals surface area contributed by atoms with Crippen molar-refractivity contribution < 1.29 is 78.1 Å². The number of thioether (sulfide) groups is 2. The molecule has 288 valence electrons. The molecule has 1 atom stereocenters. The summed E-state index contributed by atoms with van der Waals surface area (Å²) in [7, 11) is 1.56. The number of phenols is 2. The van der Waals surface area contributed by atoms with Gasteiger partial charge in [-0.2, -0.15) is 0 Å². The number of hydrogen-bond donors (Lipinski definition) is 3. The van der Waals surface area contributed by atoms with Gasteiger partial charge in [0.05, 0.1) is 20.6 Å². The van der Waals surface area contributed by atoms with Crippen molar-refractivity contribution in [3.05, 3.63) is 101 Å². The minimum absolute atomic E-state index is 0. The standard InChI is InChI=1S/C17H14BrN3O5S2.C16H12BrN3O5S.Na.H2O/c1-21-15(23)14(27-17(21)24)4-10-3-13(12(22)5-11(10)18)26-8-9-6-19-16(20-7-9)28(2)25;1-20-14(22)13(26-16(20)24)3-9-2-12(11(21)4-10(9)17)25-7-8-5-18-15(23)19-6-8;;/h3-7,22H,8H2,1-2H3;2-6,21H,7H2,1H3,(H,18,19,23);;1H2/q;;+1;/p-1/b14-4-;13-3-;;. The van der Waals surface area contributed by atoms with Gasteiger partial charge in [-0.1, -0.05) is 31.9 Å². The number of H-pyrrole nitrogens is 1. The van der Waals surface area contributed by atoms with Crippen LogP contribution in [0.4, 0.5) is 9.59 Å². The third kappa shape index (κ3) is 11.6. The van der Waals surface area contributed by atoms with Crippen molar-refractivity contribution in [2.45, 2.75) is 18.4 Å². The smallest absolute Gasteiger partial charge is 0.870 e. The molecule has 2 aromatic heterocycles. The molecule has 4 aromatic rings. The number of rotatable bonds is 9. The summed E-state index contributed by atoms with van der Waals surface area (Å²) >= 11 is 8.32. The number of aromatic hydroxyl groups is 2. The van der Waals surface area contributed by atoms with E-state index in [0.29, 0.717) is 31.2 Å². The first-order valence-electron chi connectivity index (χ1n) is 15.0. The first kappa shape index (κ1) is 46.5. The number of carbonyl (C=O) groups is 4. The van der Waals surface area contributed by atoms with Crippen LogP contribution in [0.15, 0.2) is 77.8 Å². The van der Waals surface area contributed by atoms with E-state index in [0.717, 1.165) is 33.3 Å². The molecule has 6 rings (SSSR count). The molecule has 56 heavy (non-hydrogen) atoms. The summed E-state index contributed by atoms with van der Waals surface area (Å²) in [6.07, 6.45) is 10.4. The minimum atomic E-state index is -1.27. The summed E-state index contributed by atoms with van der Waals surface area (Å²) in [6.45, 7) is 0.153. The first-order valence-corrected chi connectivity index (χ1v) is 19.8. The van der Waals surface area contributed by atoms with E-state index in [-0.39, 0.29) is 109 Å². The SMILES string of the molecule is CN1C(=O)S/C(=C\c2cc(OCc3cnc(=O)[nH]c3)c(O)cc2Br)C1=O.CN1C(=O)S/C(=C\c2cc(OCc3cnc(S(C)=O)nc3)c(O)cc2Br)C1=O.[Na+].[OH-]. The molecule has 2 saturated heterocycles. The van der Waals surface area contributed by atoms with Gasteiger partial charge in [-0.05, 0) is 71.1 Å². The maximum atomic E-state index is 12.1. The Morgan fingerprint density at radius 3 is 1.57 bits per heavy atom. The number of nitrogens with zero attached hydrogens (tertiary/aromatic N) is 5. The average Bonchev–Trinajstić information content (AvgIpc) is 3.52. The topological polar surface area (TPSA) is 252 Å². The van der Waals surface area contributed by atoms with Crippen LogP contribution in [0.1, 0.15) is 22.3 Å². The van der Waals surface area contributed by atoms with Crippen molar-refractivity contribution in [2.24, 2.45) is 0 Å². The molecule has 17 nitrogen and oxygen atoms in total. The van der Waals surface area contributed by atoms with Gasteiger partial charge in [0, 0.05) is 65.2 Å². The molecule has 0 aliphatic carbocycles. The van der Waals surface area contributed by atoms with Gasteiger partial charge < -0.3 is 30.1 Å². The van der Waals surface area contributed by atoms with Crippen molar-refractivity contribution in [1.29, 1.82) is 0 Å². The normalized spacial score (nSPS) is 15.7. The molecular formula is C33H27Br2N6NaO11S3. The van der Waals surface area contributed by atoms with Gasteiger partial charge in [0.1, 0.15) is 13.2 Å². The van der Waals surface area contributed by atoms with E-state index < -0.39 is 16.5 Å². The van der Waals surface area contributed by atoms with E-state index >= 15 is 0 Å². The van der Waals surface area contributed by atoms with E-state index in [4.69, 9.17) is 9.47 Å². The fourth-order valence-corrected chi connectivity index (χ4v) is 7.21. The molecule has 2 aliphatic rings. The van der Waals surface area contributed by atoms with E-state index in [2.05, 4.69) is 51.8 Å². The molecule has 4 N–H and O–H groups in total. The van der Waals surface area contributed by atoms with Crippen LogP contribution >= 0.6 is 55.4 Å². The Hall–Kier alpha value is -3.87. The van der Waals surface area contributed by atoms with Crippen molar-refractivity contribution >= 4 is 101 Å². The molecule has 2 aromatic carbocycles. The first-order chi connectivity index (χ1) is 25.6. The largest absolute Gasteiger partial charge is 1.00 e. The van der Waals surface area contributed by atoms with Gasteiger partial charge in [-0.15, -0.1) is 0 Å². The minimum Gasteiger partial charge on any atom is -0.870 e. The van der Waals surface area contributed by atoms with Crippen LogP contribution < -0.4 is 44.7 Å². The third-order valence-corrected chi connectivity index (χ3v) is 11.2. The Morgan fingerprint density at radius 2 is 1.20 bits per heavy atom. The van der Waals surface area contributed by atoms with Crippen LogP contribution in [0.25, 0.3) is 12.2 Å². The number of benzene rings is 2. The molecule has 4 amide bonds. The van der Waals surface area contributed by atoms with Crippen molar-refractivity contribution in [1.82, 2.24) is 29.7 Å². The summed E-state index contributed by atoms with van der Waals surface area (Å²) in [5.74, 6) is -0.603. The second kappa shape index (κ2) is 20.5. The van der Waals surface area contributed by atoms with Gasteiger partial charge >= 0.3 is 35.2 Å². The quantitative estimate of drug-likeness (QED) is 0.124. The fraction of sp³-hybridized carbons (Fsp3) is 0.152. The third-order valence-electron chi connectivity index (χ3n) is 7.16. The van der Waals surface area contributed by atoms with E-state index in [1.165, 1.54) is 57.3 Å². The number of likely N-dealkylation sites (N-methyl/N-ethyl adjacent to an activating group) is 2. The van der Waals surface area contributed by atoms with Crippen molar-refractivity contribution in [3.63, 3.8) is 0 Å². The van der Waals surface area contributed by atoms with Crippen LogP contribution in [-0.4, -0.2) is 92.3 Å². The zero-order valence-electron chi connectivity index (χ0n) is 29.5. The summed E-state index contributed by atoms with van der Waals surface area (Å²) in [5.41, 5.74) is 1.91. The second-order valence-corrected chi connectivity index (χ2v) is 16.0. The number of amides is 4. The fourth-order valence-electron chi connectivity index (χ4n) is 4.28. The van der Waals surface area contributed by atoms with Crippen LogP contribution in [0.2, 0.25) is 0 Å². The van der Waals surface area contributed by atoms with Crippen molar-refractivity contribution in [3.8, 4) is 23.0 Å². The van der Waals surface area contributed by atoms with E-state index in [9.17, 15) is 38.4 Å². The monoisotopic (exact) mass is 960 g/mol. The molecule has 2 aliphatic heterocycles. The van der Waals surface area contributed by atoms with E-state index in [1.54, 1.807) is 24.3 Å². The van der Waals surface area contributed by atoms with Crippen LogP contribution in [0.5, 0.6) is 23.0 Å². The molecule has 0 saturated carbocycles. The van der Waals surface area contributed by atoms with Gasteiger partial charge in [-0.25, -0.2) is 19.7 Å². The Labute approximate surface area is 367 Å². The summed E-state index contributed by atoms with van der Waals surface area (Å²) in [6, 6.07) is 5.97. The van der Waals surface area contributed by atoms with Crippen LogP contribution in [0.3, 0.4) is 0 Å². The Morgan fingerprint density at radius 1 is 0.768 bits per heavy atom. The van der Waals surface area contributed by atoms with Gasteiger partial charge in [0.2, 0.25) is 5.16 Å². The molecule has 0 bridgehead atoms. The number of aromatic amines is 1. The van der Waals surface area contributed by atoms with Crippen LogP contribution in [0, 0.1) is 0 Å². The molecule has 0 radical (unpaired) electrons. The van der Waals surface area contributed by atoms with Gasteiger partial charge in [-0.3, -0.25) is 33.2 Å². The number of imide groups is 2. The zero-order chi connectivity index (χ0) is 39.3. The molecule has 4 heterocycles. The second-order valence-electron chi connectivity index (χ2n) is 11.0. The predicted octanol–water partition coefficient (Wildman–Crippen LogP) is 2.24.